The fraction of sp³-hybridized carbons (Fsp3) is 0.654. The molecule has 0 saturated carbocycles. The van der Waals surface area contributed by atoms with E-state index in [1.165, 1.54) is 73.1 Å². The third kappa shape index (κ3) is 14.5. The van der Waals surface area contributed by atoms with Gasteiger partial charge < -0.3 is 23.7 Å². The van der Waals surface area contributed by atoms with Crippen LogP contribution in [0.4, 0.5) is 0 Å². The zero-order valence-corrected chi connectivity index (χ0v) is 37.3. The molecule has 0 atom stereocenters. The molecule has 0 unspecified atom stereocenters. The maximum absolute atomic E-state index is 6.90. The van der Waals surface area contributed by atoms with Gasteiger partial charge in [0.25, 0.3) is 0 Å². The minimum Gasteiger partial charge on any atom is -0.494 e. The van der Waals surface area contributed by atoms with Crippen molar-refractivity contribution in [3.8, 4) is 28.7 Å². The molecule has 0 aromatic heterocycles. The highest BCUT2D eigenvalue weighted by molar-refractivity contribution is 6.28. The molecule has 0 saturated heterocycles. The second-order valence-electron chi connectivity index (χ2n) is 16.3. The summed E-state index contributed by atoms with van der Waals surface area (Å²) in [6.07, 6.45) is 26.7. The Bertz CT molecular complexity index is 1710. The highest BCUT2D eigenvalue weighted by atomic mass is 16.5. The topological polar surface area (TPSA) is 46.2 Å². The van der Waals surface area contributed by atoms with E-state index in [4.69, 9.17) is 23.7 Å². The summed E-state index contributed by atoms with van der Waals surface area (Å²) < 4.78 is 33.4. The number of hydrogen-bond acceptors (Lipinski definition) is 5. The van der Waals surface area contributed by atoms with Gasteiger partial charge in [-0.25, -0.2) is 0 Å². The molecule has 0 aliphatic heterocycles. The molecule has 318 valence electrons. The van der Waals surface area contributed by atoms with E-state index < -0.39 is 0 Å². The lowest BCUT2D eigenvalue weighted by atomic mass is 9.89. The molecular formula is C52H80O5. The van der Waals surface area contributed by atoms with Crippen molar-refractivity contribution in [1.82, 2.24) is 0 Å². The zero-order valence-electron chi connectivity index (χ0n) is 37.3. The van der Waals surface area contributed by atoms with Crippen molar-refractivity contribution >= 4 is 32.3 Å². The number of benzene rings is 4. The lowest BCUT2D eigenvalue weighted by Crippen LogP contribution is -2.05. The zero-order chi connectivity index (χ0) is 40.5. The second kappa shape index (κ2) is 27.4. The Labute approximate surface area is 347 Å². The first-order valence-corrected chi connectivity index (χ1v) is 23.8. The standard InChI is InChI=1S/C52H80O5/c1-7-13-19-20-21-22-23-29-41-37-42(53-32-24-14-8-2)38-45-44-39-48(55-34-26-16-10-4)49(56-35-27-17-11-5)40-46(44)51-43(50(41)45)30-31-47(54-33-25-15-9-3)52(51)57-36-28-18-12-6/h30-31,37-40H,7-29,32-36H2,1-6H3. The Kier molecular flexibility index (Phi) is 22.3. The van der Waals surface area contributed by atoms with Gasteiger partial charge in [0, 0.05) is 5.39 Å². The van der Waals surface area contributed by atoms with Crippen molar-refractivity contribution in [2.24, 2.45) is 0 Å². The van der Waals surface area contributed by atoms with Gasteiger partial charge in [0.1, 0.15) is 5.75 Å². The fourth-order valence-electron chi connectivity index (χ4n) is 7.94. The van der Waals surface area contributed by atoms with Crippen molar-refractivity contribution in [3.05, 3.63) is 42.0 Å². The molecule has 0 aliphatic carbocycles. The summed E-state index contributed by atoms with van der Waals surface area (Å²) in [6, 6.07) is 13.7. The average molecular weight is 785 g/mol. The molecule has 5 nitrogen and oxygen atoms in total. The van der Waals surface area contributed by atoms with Crippen molar-refractivity contribution in [3.63, 3.8) is 0 Å². The Hall–Kier alpha value is -3.34. The van der Waals surface area contributed by atoms with Crippen molar-refractivity contribution in [1.29, 1.82) is 0 Å². The Morgan fingerprint density at radius 3 is 1.33 bits per heavy atom. The number of hydrogen-bond donors (Lipinski definition) is 0. The first-order valence-electron chi connectivity index (χ1n) is 23.8. The maximum atomic E-state index is 6.90. The molecule has 0 heterocycles. The van der Waals surface area contributed by atoms with Crippen LogP contribution in [-0.2, 0) is 6.42 Å². The molecule has 0 fully saturated rings. The molecule has 0 amide bonds. The van der Waals surface area contributed by atoms with Gasteiger partial charge in [-0.1, -0.05) is 144 Å². The van der Waals surface area contributed by atoms with Crippen LogP contribution in [0.25, 0.3) is 32.3 Å². The van der Waals surface area contributed by atoms with Crippen LogP contribution in [0.3, 0.4) is 0 Å². The predicted octanol–water partition coefficient (Wildman–Crippen LogP) is 16.3. The van der Waals surface area contributed by atoms with E-state index in [1.54, 1.807) is 0 Å². The van der Waals surface area contributed by atoms with Crippen molar-refractivity contribution in [2.45, 2.75) is 189 Å². The molecule has 57 heavy (non-hydrogen) atoms. The van der Waals surface area contributed by atoms with E-state index in [0.717, 1.165) is 148 Å². The predicted molar refractivity (Wildman–Crippen MR) is 246 cm³/mol. The average Bonchev–Trinajstić information content (AvgIpc) is 3.22. The highest BCUT2D eigenvalue weighted by Crippen LogP contribution is 2.49. The van der Waals surface area contributed by atoms with Gasteiger partial charge in [-0.2, -0.15) is 0 Å². The van der Waals surface area contributed by atoms with Crippen LogP contribution in [0.15, 0.2) is 36.4 Å². The maximum Gasteiger partial charge on any atom is 0.169 e. The van der Waals surface area contributed by atoms with Gasteiger partial charge >= 0.3 is 0 Å². The molecule has 5 heteroatoms. The van der Waals surface area contributed by atoms with E-state index in [-0.39, 0.29) is 0 Å². The SMILES string of the molecule is CCCCCCCCCc1cc(OCCCCC)cc2c3cc(OCCCCC)c(OCCCCC)cc3c3c(OCCCCC)c(OCCCCC)ccc3c12. The fourth-order valence-corrected chi connectivity index (χ4v) is 7.94. The van der Waals surface area contributed by atoms with Crippen molar-refractivity contribution in [2.75, 3.05) is 33.0 Å². The van der Waals surface area contributed by atoms with Crippen LogP contribution in [0.1, 0.15) is 188 Å². The van der Waals surface area contributed by atoms with E-state index in [0.29, 0.717) is 26.4 Å². The van der Waals surface area contributed by atoms with Crippen molar-refractivity contribution < 1.29 is 23.7 Å². The molecule has 4 aromatic rings. The van der Waals surface area contributed by atoms with Gasteiger partial charge in [0.05, 0.1) is 33.0 Å². The van der Waals surface area contributed by atoms with Crippen LogP contribution in [0, 0.1) is 0 Å². The quantitative estimate of drug-likeness (QED) is 0.0356. The third-order valence-corrected chi connectivity index (χ3v) is 11.3. The summed E-state index contributed by atoms with van der Waals surface area (Å²) in [7, 11) is 0. The van der Waals surface area contributed by atoms with Crippen LogP contribution < -0.4 is 23.7 Å². The van der Waals surface area contributed by atoms with Crippen LogP contribution in [-0.4, -0.2) is 33.0 Å². The van der Waals surface area contributed by atoms with Crippen LogP contribution in [0.2, 0.25) is 0 Å². The Morgan fingerprint density at radius 1 is 0.333 bits per heavy atom. The highest BCUT2D eigenvalue weighted by Gasteiger charge is 2.22. The number of fused-ring (bicyclic) bond motifs is 6. The number of rotatable bonds is 33. The smallest absolute Gasteiger partial charge is 0.169 e. The van der Waals surface area contributed by atoms with Crippen LogP contribution >= 0.6 is 0 Å². The summed E-state index contributed by atoms with van der Waals surface area (Å²) in [5.74, 6) is 4.32. The van der Waals surface area contributed by atoms with Gasteiger partial charge in [0.2, 0.25) is 0 Å². The Balaban J connectivity index is 2.01. The number of unbranched alkanes of at least 4 members (excludes halogenated alkanes) is 16. The van der Waals surface area contributed by atoms with Gasteiger partial charge in [0.15, 0.2) is 23.0 Å². The molecule has 4 rings (SSSR count). The third-order valence-electron chi connectivity index (χ3n) is 11.3. The molecule has 4 aromatic carbocycles. The minimum atomic E-state index is 0.659. The monoisotopic (exact) mass is 785 g/mol. The summed E-state index contributed by atoms with van der Waals surface area (Å²) in [4.78, 5) is 0. The molecule has 0 radical (unpaired) electrons. The molecule has 0 aliphatic rings. The lowest BCUT2D eigenvalue weighted by molar-refractivity contribution is 0.260. The minimum absolute atomic E-state index is 0.659. The molecule has 0 spiro atoms. The summed E-state index contributed by atoms with van der Waals surface area (Å²) in [5, 5.41) is 7.13. The lowest BCUT2D eigenvalue weighted by Gasteiger charge is -2.22. The largest absolute Gasteiger partial charge is 0.494 e. The van der Waals surface area contributed by atoms with Gasteiger partial charge in [-0.05, 0) is 114 Å². The number of ether oxygens (including phenoxy) is 5. The van der Waals surface area contributed by atoms with Crippen LogP contribution in [0.5, 0.6) is 28.7 Å². The van der Waals surface area contributed by atoms with E-state index in [2.05, 4.69) is 77.9 Å². The van der Waals surface area contributed by atoms with E-state index >= 15 is 0 Å². The van der Waals surface area contributed by atoms with Gasteiger partial charge in [-0.3, -0.25) is 0 Å². The number of aryl methyl sites for hydroxylation is 1. The molecular weight excluding hydrogens is 705 g/mol. The first kappa shape index (κ1) is 46.4. The summed E-state index contributed by atoms with van der Waals surface area (Å²) >= 11 is 0. The normalized spacial score (nSPS) is 11.5. The molecule has 0 bridgehead atoms. The molecule has 0 N–H and O–H groups in total. The van der Waals surface area contributed by atoms with E-state index in [1.807, 2.05) is 0 Å². The van der Waals surface area contributed by atoms with Gasteiger partial charge in [-0.15, -0.1) is 0 Å². The first-order chi connectivity index (χ1) is 28.1. The summed E-state index contributed by atoms with van der Waals surface area (Å²) in [5.41, 5.74) is 1.36. The second-order valence-corrected chi connectivity index (χ2v) is 16.3. The Morgan fingerprint density at radius 2 is 0.772 bits per heavy atom. The van der Waals surface area contributed by atoms with E-state index in [9.17, 15) is 0 Å². The summed E-state index contributed by atoms with van der Waals surface area (Å²) in [6.45, 7) is 16.9.